The van der Waals surface area contributed by atoms with Crippen molar-refractivity contribution in [2.24, 2.45) is 0 Å². The van der Waals surface area contributed by atoms with Gasteiger partial charge in [0.15, 0.2) is 0 Å². The second-order valence-corrected chi connectivity index (χ2v) is 24.2. The Kier molecular flexibility index (Phi) is 5.00. The van der Waals surface area contributed by atoms with E-state index in [1.165, 1.54) is 32.1 Å². The summed E-state index contributed by atoms with van der Waals surface area (Å²) in [5.41, 5.74) is 0. The van der Waals surface area contributed by atoms with Gasteiger partial charge in [0, 0.05) is 0 Å². The molecule has 11 heavy (non-hydrogen) atoms. The Morgan fingerprint density at radius 2 is 1.64 bits per heavy atom. The van der Waals surface area contributed by atoms with Crippen LogP contribution in [0.3, 0.4) is 0 Å². The van der Waals surface area contributed by atoms with Crippen LogP contribution in [0.2, 0.25) is 0 Å². The predicted molar refractivity (Wildman–Crippen MR) is 52.1 cm³/mol. The molecule has 0 saturated heterocycles. The maximum absolute atomic E-state index is 5.82. The van der Waals surface area contributed by atoms with Gasteiger partial charge in [-0.2, -0.15) is 0 Å². The third kappa shape index (κ3) is 5.29. The summed E-state index contributed by atoms with van der Waals surface area (Å²) in [5, 5.41) is 0. The Labute approximate surface area is 91.6 Å². The Morgan fingerprint density at radius 1 is 1.09 bits per heavy atom. The van der Waals surface area contributed by atoms with Crippen LogP contribution in [0, 0.1) is 0 Å². The van der Waals surface area contributed by atoms with Crippen LogP contribution in [0.4, 0.5) is 0 Å². The van der Waals surface area contributed by atoms with Gasteiger partial charge in [-0.15, -0.1) is 0 Å². The molecule has 0 unspecified atom stereocenters. The molecule has 0 amide bonds. The average Bonchev–Trinajstić information content (AvgIpc) is 1.85. The summed E-state index contributed by atoms with van der Waals surface area (Å²) >= 11 is 9.12. The van der Waals surface area contributed by atoms with Crippen molar-refractivity contribution in [3.63, 3.8) is 0 Å². The standard InChI is InChI=1S/C6H11OPSe3/c9-8(10,11)7-6-4-2-1-3-5-6/h6H,1-5H2. The molecule has 0 aromatic heterocycles. The van der Waals surface area contributed by atoms with Crippen LogP contribution >= 0.6 is 3.11 Å². The number of hydrogen-bond donors (Lipinski definition) is 0. The summed E-state index contributed by atoms with van der Waals surface area (Å²) in [5.74, 6) is 0. The summed E-state index contributed by atoms with van der Waals surface area (Å²) in [6.07, 6.45) is 7.05. The van der Waals surface area contributed by atoms with Crippen molar-refractivity contribution in [2.45, 2.75) is 38.2 Å². The van der Waals surface area contributed by atoms with Gasteiger partial charge >= 0.3 is 92.1 Å². The van der Waals surface area contributed by atoms with Gasteiger partial charge in [0.2, 0.25) is 0 Å². The molecule has 5 heteroatoms. The van der Waals surface area contributed by atoms with Gasteiger partial charge in [-0.05, 0) is 0 Å². The molecule has 0 aliphatic heterocycles. The first-order chi connectivity index (χ1) is 5.08. The summed E-state index contributed by atoms with van der Waals surface area (Å²) in [6.45, 7) is 0. The molecular formula is C6H11OPSe3. The fourth-order valence-electron chi connectivity index (χ4n) is 1.35. The van der Waals surface area contributed by atoms with Crippen LogP contribution in [-0.4, -0.2) is 52.3 Å². The van der Waals surface area contributed by atoms with Crippen LogP contribution in [0.25, 0.3) is 0 Å². The Morgan fingerprint density at radius 3 is 2.09 bits per heavy atom. The summed E-state index contributed by atoms with van der Waals surface area (Å²) in [6, 6.07) is 0. The molecule has 1 fully saturated rings. The van der Waals surface area contributed by atoms with Crippen LogP contribution in [-0.2, 0) is 4.52 Å². The van der Waals surface area contributed by atoms with E-state index in [0.29, 0.717) is 6.10 Å². The summed E-state index contributed by atoms with van der Waals surface area (Å²) in [7, 11) is 0. The van der Waals surface area contributed by atoms with Crippen molar-refractivity contribution in [1.82, 2.24) is 0 Å². The molecule has 0 spiro atoms. The molecule has 1 aliphatic rings. The van der Waals surface area contributed by atoms with Gasteiger partial charge in [0.1, 0.15) is 0 Å². The fraction of sp³-hybridized carbons (Fsp3) is 1.00. The molecular weight excluding hydrogens is 356 g/mol. The zero-order valence-electron chi connectivity index (χ0n) is 6.19. The van der Waals surface area contributed by atoms with E-state index in [-0.39, 0.29) is 0 Å². The van der Waals surface area contributed by atoms with Crippen LogP contribution in [0.15, 0.2) is 0 Å². The van der Waals surface area contributed by atoms with Gasteiger partial charge in [-0.3, -0.25) is 0 Å². The average molecular weight is 367 g/mol. The molecule has 1 aliphatic carbocycles. The topological polar surface area (TPSA) is 9.23 Å². The normalized spacial score (nSPS) is 22.0. The van der Waals surface area contributed by atoms with Gasteiger partial charge in [0.25, 0.3) is 0 Å². The van der Waals surface area contributed by atoms with Crippen molar-refractivity contribution >= 4 is 49.4 Å². The minimum absolute atomic E-state index is 0.501. The number of hydrogen-bond acceptors (Lipinski definition) is 1. The van der Waals surface area contributed by atoms with Gasteiger partial charge in [-0.25, -0.2) is 0 Å². The summed E-state index contributed by atoms with van der Waals surface area (Å²) in [4.78, 5) is 0. The predicted octanol–water partition coefficient (Wildman–Crippen LogP) is 1.52. The Balaban J connectivity index is 2.30. The molecule has 0 aromatic carbocycles. The molecule has 1 nitrogen and oxygen atoms in total. The quantitative estimate of drug-likeness (QED) is 0.532. The maximum atomic E-state index is 5.82. The van der Waals surface area contributed by atoms with E-state index < -0.39 is 3.11 Å². The van der Waals surface area contributed by atoms with Crippen LogP contribution < -0.4 is 0 Å². The first-order valence-electron chi connectivity index (χ1n) is 3.78. The van der Waals surface area contributed by atoms with E-state index in [2.05, 4.69) is 46.2 Å². The van der Waals surface area contributed by atoms with E-state index in [4.69, 9.17) is 4.52 Å². The van der Waals surface area contributed by atoms with Gasteiger partial charge in [0.05, 0.1) is 0 Å². The number of rotatable bonds is 2. The molecule has 0 heterocycles. The zero-order chi connectivity index (χ0) is 8.32. The van der Waals surface area contributed by atoms with Crippen LogP contribution in [0.1, 0.15) is 32.1 Å². The molecule has 64 valence electrons. The van der Waals surface area contributed by atoms with Crippen molar-refractivity contribution in [2.75, 3.05) is 0 Å². The monoisotopic (exact) mass is 370 g/mol. The van der Waals surface area contributed by atoms with Crippen molar-refractivity contribution in [1.29, 1.82) is 0 Å². The van der Waals surface area contributed by atoms with E-state index in [9.17, 15) is 0 Å². The van der Waals surface area contributed by atoms with Crippen molar-refractivity contribution in [3.05, 3.63) is 0 Å². The zero-order valence-corrected chi connectivity index (χ0v) is 12.2. The first kappa shape index (κ1) is 11.0. The van der Waals surface area contributed by atoms with Gasteiger partial charge in [-0.1, -0.05) is 0 Å². The van der Waals surface area contributed by atoms with E-state index >= 15 is 0 Å². The third-order valence-corrected chi connectivity index (χ3v) is 4.01. The molecule has 0 N–H and O–H groups in total. The molecule has 2 radical (unpaired) electrons. The fourth-order valence-corrected chi connectivity index (χ4v) is 4.23. The molecule has 1 saturated carbocycles. The van der Waals surface area contributed by atoms with E-state index in [1.807, 2.05) is 0 Å². The first-order valence-corrected chi connectivity index (χ1v) is 12.1. The van der Waals surface area contributed by atoms with Crippen LogP contribution in [0.5, 0.6) is 0 Å². The van der Waals surface area contributed by atoms with E-state index in [1.54, 1.807) is 0 Å². The Bertz CT molecular complexity index is 161. The molecule has 0 aromatic rings. The third-order valence-electron chi connectivity index (χ3n) is 1.83. The minimum atomic E-state index is -1.36. The molecule has 0 atom stereocenters. The molecule has 1 rings (SSSR count). The van der Waals surface area contributed by atoms with Crippen molar-refractivity contribution in [3.8, 4) is 0 Å². The van der Waals surface area contributed by atoms with Crippen molar-refractivity contribution < 1.29 is 4.52 Å². The SMILES string of the molecule is [Se]P([Se])(=[Se])OC1CCCCC1. The second kappa shape index (κ2) is 4.99. The molecule has 0 bridgehead atoms. The van der Waals surface area contributed by atoms with Gasteiger partial charge < -0.3 is 0 Å². The van der Waals surface area contributed by atoms with E-state index in [0.717, 1.165) is 0 Å². The summed E-state index contributed by atoms with van der Waals surface area (Å²) < 4.78 is 4.46. The Hall–Kier alpha value is 1.95. The second-order valence-electron chi connectivity index (χ2n) is 2.81.